The maximum Gasteiger partial charge on any atom is 0.180 e. The molecule has 1 unspecified atom stereocenters. The molecular weight excluding hydrogens is 372 g/mol. The standard InChI is InChI=1S/C19H22N8S/c1-12-6-17(28-25-12)24-18-19-21-9-16(14-8-22-26(2)10-14)27(19)11-15(23-18)13-4-3-5-20-7-13/h4,6,8-12,20,25H,3,5,7H2,1-2H3,(H,23,24). The first kappa shape index (κ1) is 17.5. The molecule has 0 saturated heterocycles. The highest BCUT2D eigenvalue weighted by molar-refractivity contribution is 8.01. The topological polar surface area (TPSA) is 84.1 Å². The lowest BCUT2D eigenvalue weighted by Crippen LogP contribution is -2.22. The number of aromatic nitrogens is 5. The van der Waals surface area contributed by atoms with Crippen LogP contribution in [0, 0.1) is 0 Å². The molecule has 0 aliphatic carbocycles. The van der Waals surface area contributed by atoms with E-state index in [2.05, 4.69) is 55.1 Å². The SMILES string of the molecule is CC1C=C(Nc2nc(C3=CCCNC3)cn3c(-c4cnn(C)c4)cnc23)SN1. The van der Waals surface area contributed by atoms with Crippen molar-refractivity contribution in [3.63, 3.8) is 0 Å². The van der Waals surface area contributed by atoms with Crippen molar-refractivity contribution < 1.29 is 0 Å². The zero-order chi connectivity index (χ0) is 19.1. The second-order valence-electron chi connectivity index (χ2n) is 7.07. The van der Waals surface area contributed by atoms with E-state index in [0.717, 1.165) is 53.0 Å². The number of nitrogens with one attached hydrogen (secondary N) is 3. The van der Waals surface area contributed by atoms with Crippen LogP contribution < -0.4 is 15.4 Å². The van der Waals surface area contributed by atoms with Crippen molar-refractivity contribution in [3.8, 4) is 11.3 Å². The van der Waals surface area contributed by atoms with Crippen LogP contribution in [0.3, 0.4) is 0 Å². The quantitative estimate of drug-likeness (QED) is 0.586. The van der Waals surface area contributed by atoms with E-state index < -0.39 is 0 Å². The van der Waals surface area contributed by atoms with Gasteiger partial charge in [0.25, 0.3) is 0 Å². The van der Waals surface area contributed by atoms with Crippen LogP contribution in [0.1, 0.15) is 19.0 Å². The van der Waals surface area contributed by atoms with Crippen molar-refractivity contribution in [1.29, 1.82) is 0 Å². The molecule has 1 atom stereocenters. The van der Waals surface area contributed by atoms with Crippen LogP contribution in [0.25, 0.3) is 22.5 Å². The summed E-state index contributed by atoms with van der Waals surface area (Å²) < 4.78 is 7.23. The fraction of sp³-hybridized carbons (Fsp3) is 0.316. The lowest BCUT2D eigenvalue weighted by molar-refractivity contribution is 0.737. The van der Waals surface area contributed by atoms with Crippen LogP contribution in [0.4, 0.5) is 5.82 Å². The van der Waals surface area contributed by atoms with Gasteiger partial charge in [0.05, 0.1) is 28.8 Å². The molecule has 0 aromatic carbocycles. The smallest absolute Gasteiger partial charge is 0.180 e. The number of imidazole rings is 1. The zero-order valence-corrected chi connectivity index (χ0v) is 16.6. The predicted octanol–water partition coefficient (Wildman–Crippen LogP) is 2.40. The second-order valence-corrected chi connectivity index (χ2v) is 7.95. The summed E-state index contributed by atoms with van der Waals surface area (Å²) in [6.45, 7) is 3.95. The largest absolute Gasteiger partial charge is 0.331 e. The second kappa shape index (κ2) is 7.08. The minimum Gasteiger partial charge on any atom is -0.331 e. The minimum absolute atomic E-state index is 0.322. The molecule has 2 aliphatic heterocycles. The molecule has 0 bridgehead atoms. The van der Waals surface area contributed by atoms with Gasteiger partial charge in [-0.2, -0.15) is 5.10 Å². The van der Waals surface area contributed by atoms with Gasteiger partial charge in [0.15, 0.2) is 11.5 Å². The molecule has 5 heterocycles. The van der Waals surface area contributed by atoms with E-state index >= 15 is 0 Å². The van der Waals surface area contributed by atoms with Crippen LogP contribution in [-0.4, -0.2) is 43.3 Å². The number of rotatable bonds is 4. The fourth-order valence-corrected chi connectivity index (χ4v) is 4.27. The summed E-state index contributed by atoms with van der Waals surface area (Å²) >= 11 is 1.58. The summed E-state index contributed by atoms with van der Waals surface area (Å²) in [6, 6.07) is 0.322. The third kappa shape index (κ3) is 3.21. The fourth-order valence-electron chi connectivity index (χ4n) is 3.47. The molecule has 0 saturated carbocycles. The van der Waals surface area contributed by atoms with Gasteiger partial charge in [-0.1, -0.05) is 6.08 Å². The van der Waals surface area contributed by atoms with Crippen LogP contribution in [0.15, 0.2) is 42.0 Å². The first-order chi connectivity index (χ1) is 13.7. The number of aryl methyl sites for hydroxylation is 1. The van der Waals surface area contributed by atoms with Gasteiger partial charge < -0.3 is 10.6 Å². The summed E-state index contributed by atoms with van der Waals surface area (Å²) in [5.74, 6) is 0.758. The summed E-state index contributed by atoms with van der Waals surface area (Å²) in [4.78, 5) is 9.58. The van der Waals surface area contributed by atoms with Crippen molar-refractivity contribution in [3.05, 3.63) is 47.7 Å². The Balaban J connectivity index is 1.65. The monoisotopic (exact) mass is 394 g/mol. The molecule has 0 radical (unpaired) electrons. The first-order valence-corrected chi connectivity index (χ1v) is 10.2. The lowest BCUT2D eigenvalue weighted by atomic mass is 10.1. The molecule has 0 amide bonds. The Hall–Kier alpha value is -2.62. The van der Waals surface area contributed by atoms with Gasteiger partial charge in [-0.05, 0) is 43.5 Å². The highest BCUT2D eigenvalue weighted by Crippen LogP contribution is 2.29. The Kier molecular flexibility index (Phi) is 4.42. The van der Waals surface area contributed by atoms with Crippen LogP contribution in [0.2, 0.25) is 0 Å². The first-order valence-electron chi connectivity index (χ1n) is 9.36. The van der Waals surface area contributed by atoms with Gasteiger partial charge in [0.1, 0.15) is 0 Å². The normalized spacial score (nSPS) is 19.7. The molecule has 9 heteroatoms. The average molecular weight is 395 g/mol. The molecule has 0 fully saturated rings. The van der Waals surface area contributed by atoms with Crippen molar-refractivity contribution in [2.45, 2.75) is 19.4 Å². The maximum atomic E-state index is 4.92. The van der Waals surface area contributed by atoms with Crippen LogP contribution >= 0.6 is 11.9 Å². The predicted molar refractivity (Wildman–Crippen MR) is 113 cm³/mol. The van der Waals surface area contributed by atoms with Gasteiger partial charge in [0, 0.05) is 37.6 Å². The van der Waals surface area contributed by atoms with E-state index in [1.807, 2.05) is 25.6 Å². The summed E-state index contributed by atoms with van der Waals surface area (Å²) in [5, 5.41) is 12.2. The number of anilines is 1. The molecular formula is C19H22N8S. The summed E-state index contributed by atoms with van der Waals surface area (Å²) in [7, 11) is 1.92. The van der Waals surface area contributed by atoms with Gasteiger partial charge in [-0.15, -0.1) is 0 Å². The van der Waals surface area contributed by atoms with Crippen LogP contribution in [0.5, 0.6) is 0 Å². The van der Waals surface area contributed by atoms with E-state index in [1.54, 1.807) is 16.6 Å². The van der Waals surface area contributed by atoms with Crippen molar-refractivity contribution in [2.24, 2.45) is 7.05 Å². The number of fused-ring (bicyclic) bond motifs is 1. The number of nitrogens with zero attached hydrogens (tertiary/aromatic N) is 5. The molecule has 5 rings (SSSR count). The Morgan fingerprint density at radius 3 is 2.93 bits per heavy atom. The van der Waals surface area contributed by atoms with Gasteiger partial charge in [-0.3, -0.25) is 13.8 Å². The average Bonchev–Trinajstić information content (AvgIpc) is 3.42. The Morgan fingerprint density at radius 1 is 1.29 bits per heavy atom. The molecule has 144 valence electrons. The van der Waals surface area contributed by atoms with Crippen molar-refractivity contribution >= 4 is 29.0 Å². The van der Waals surface area contributed by atoms with E-state index in [9.17, 15) is 0 Å². The molecule has 8 nitrogen and oxygen atoms in total. The van der Waals surface area contributed by atoms with E-state index in [-0.39, 0.29) is 0 Å². The maximum absolute atomic E-state index is 4.92. The molecule has 0 spiro atoms. The lowest BCUT2D eigenvalue weighted by Gasteiger charge is -2.16. The van der Waals surface area contributed by atoms with Gasteiger partial charge in [0.2, 0.25) is 0 Å². The Labute approximate surface area is 167 Å². The molecule has 3 N–H and O–H groups in total. The zero-order valence-electron chi connectivity index (χ0n) is 15.8. The summed E-state index contributed by atoms with van der Waals surface area (Å²) in [5.41, 5.74) is 4.99. The molecule has 28 heavy (non-hydrogen) atoms. The molecule has 3 aromatic rings. The van der Waals surface area contributed by atoms with Crippen molar-refractivity contribution in [2.75, 3.05) is 18.4 Å². The molecule has 3 aromatic heterocycles. The number of hydrogen-bond donors (Lipinski definition) is 3. The van der Waals surface area contributed by atoms with Crippen molar-refractivity contribution in [1.82, 2.24) is 34.2 Å². The number of hydrogen-bond acceptors (Lipinski definition) is 7. The Morgan fingerprint density at radius 2 is 2.21 bits per heavy atom. The Bertz CT molecular complexity index is 1090. The van der Waals surface area contributed by atoms with E-state index in [1.165, 1.54) is 5.57 Å². The minimum atomic E-state index is 0.322. The van der Waals surface area contributed by atoms with Gasteiger partial charge in [-0.25, -0.2) is 9.97 Å². The van der Waals surface area contributed by atoms with Crippen LogP contribution in [-0.2, 0) is 7.05 Å². The summed E-state index contributed by atoms with van der Waals surface area (Å²) in [6.07, 6.45) is 13.3. The third-order valence-electron chi connectivity index (χ3n) is 4.85. The van der Waals surface area contributed by atoms with E-state index in [4.69, 9.17) is 4.98 Å². The van der Waals surface area contributed by atoms with Gasteiger partial charge >= 0.3 is 0 Å². The molecule has 2 aliphatic rings. The highest BCUT2D eigenvalue weighted by atomic mass is 32.2. The van der Waals surface area contributed by atoms with E-state index in [0.29, 0.717) is 6.04 Å². The highest BCUT2D eigenvalue weighted by Gasteiger charge is 2.19. The third-order valence-corrected chi connectivity index (χ3v) is 5.79.